The quantitative estimate of drug-likeness (QED) is 0.852. The molecule has 0 spiro atoms. The van der Waals surface area contributed by atoms with E-state index in [1.54, 1.807) is 12.1 Å². The number of halogens is 1. The number of carbonyl (C=O) groups excluding carboxylic acids is 1. The lowest BCUT2D eigenvalue weighted by Crippen LogP contribution is -2.04. The fourth-order valence-corrected chi connectivity index (χ4v) is 2.02. The fourth-order valence-electron chi connectivity index (χ4n) is 1.49. The molecule has 0 aliphatic heterocycles. The van der Waals surface area contributed by atoms with Crippen molar-refractivity contribution in [2.24, 2.45) is 0 Å². The van der Waals surface area contributed by atoms with E-state index < -0.39 is 11.9 Å². The highest BCUT2D eigenvalue weighted by molar-refractivity contribution is 9.10. The van der Waals surface area contributed by atoms with E-state index in [1.165, 1.54) is 17.7 Å². The van der Waals surface area contributed by atoms with Gasteiger partial charge in [-0.1, -0.05) is 0 Å². The smallest absolute Gasteiger partial charge is 0.372 e. The molecule has 2 rings (SSSR count). The summed E-state index contributed by atoms with van der Waals surface area (Å²) < 4.78 is 6.45. The molecule has 0 aliphatic rings. The van der Waals surface area contributed by atoms with E-state index >= 15 is 0 Å². The van der Waals surface area contributed by atoms with Gasteiger partial charge in [-0.05, 0) is 28.1 Å². The maximum atomic E-state index is 11.5. The SMILES string of the molecule is COC(=O)c1nc(C(=O)O)n2cccc(Br)c12. The second-order valence-electron chi connectivity index (χ2n) is 3.16. The average molecular weight is 299 g/mol. The van der Waals surface area contributed by atoms with Crippen molar-refractivity contribution in [2.45, 2.75) is 0 Å². The van der Waals surface area contributed by atoms with Crippen LogP contribution in [-0.2, 0) is 4.74 Å². The molecule has 0 saturated heterocycles. The molecule has 0 fully saturated rings. The molecule has 2 aromatic heterocycles. The molecular formula is C10H7BrN2O4. The molecule has 0 amide bonds. The minimum absolute atomic E-state index is 0.0302. The molecule has 2 aromatic rings. The molecule has 88 valence electrons. The van der Waals surface area contributed by atoms with Crippen molar-refractivity contribution in [3.8, 4) is 0 Å². The summed E-state index contributed by atoms with van der Waals surface area (Å²) in [7, 11) is 1.21. The summed E-state index contributed by atoms with van der Waals surface area (Å²) in [5.74, 6) is -2.13. The van der Waals surface area contributed by atoms with Gasteiger partial charge in [0.1, 0.15) is 0 Å². The minimum atomic E-state index is -1.21. The highest BCUT2D eigenvalue weighted by Gasteiger charge is 2.23. The number of imidazole rings is 1. The third-order valence-electron chi connectivity index (χ3n) is 2.19. The van der Waals surface area contributed by atoms with Crippen molar-refractivity contribution < 1.29 is 19.4 Å². The summed E-state index contributed by atoms with van der Waals surface area (Å²) in [6.45, 7) is 0. The predicted octanol–water partition coefficient (Wildman–Crippen LogP) is 1.58. The Kier molecular flexibility index (Phi) is 2.84. The first kappa shape index (κ1) is 11.6. The summed E-state index contributed by atoms with van der Waals surface area (Å²) in [4.78, 5) is 26.3. The zero-order valence-electron chi connectivity index (χ0n) is 8.68. The summed E-state index contributed by atoms with van der Waals surface area (Å²) in [6.07, 6.45) is 1.52. The van der Waals surface area contributed by atoms with Gasteiger partial charge in [-0.2, -0.15) is 0 Å². The van der Waals surface area contributed by atoms with Crippen LogP contribution in [0, 0.1) is 0 Å². The van der Waals surface area contributed by atoms with Crippen LogP contribution in [-0.4, -0.2) is 33.5 Å². The molecule has 6 nitrogen and oxygen atoms in total. The van der Waals surface area contributed by atoms with Crippen molar-refractivity contribution in [1.29, 1.82) is 0 Å². The molecule has 0 aromatic carbocycles. The molecule has 7 heteroatoms. The molecule has 17 heavy (non-hydrogen) atoms. The monoisotopic (exact) mass is 298 g/mol. The number of carboxylic acid groups (broad SMARTS) is 1. The lowest BCUT2D eigenvalue weighted by atomic mass is 10.3. The Balaban J connectivity index is 2.85. The number of carbonyl (C=O) groups is 2. The van der Waals surface area contributed by atoms with E-state index in [2.05, 4.69) is 25.7 Å². The van der Waals surface area contributed by atoms with Gasteiger partial charge in [0.2, 0.25) is 5.82 Å². The number of esters is 1. The number of rotatable bonds is 2. The number of carboxylic acids is 1. The standard InChI is InChI=1S/C10H7BrN2O4/c1-17-10(16)6-7-5(11)3-2-4-13(7)8(12-6)9(14)15/h2-4H,1H3,(H,14,15). The normalized spacial score (nSPS) is 10.5. The van der Waals surface area contributed by atoms with Crippen LogP contribution in [0.5, 0.6) is 0 Å². The molecule has 0 saturated carbocycles. The van der Waals surface area contributed by atoms with Crippen LogP contribution < -0.4 is 0 Å². The summed E-state index contributed by atoms with van der Waals surface area (Å²) in [5.41, 5.74) is 0.342. The Hall–Kier alpha value is -1.89. The maximum absolute atomic E-state index is 11.5. The number of fused-ring (bicyclic) bond motifs is 1. The highest BCUT2D eigenvalue weighted by atomic mass is 79.9. The third-order valence-corrected chi connectivity index (χ3v) is 2.82. The Morgan fingerprint density at radius 2 is 2.24 bits per heavy atom. The van der Waals surface area contributed by atoms with Gasteiger partial charge in [0, 0.05) is 10.7 Å². The third kappa shape index (κ3) is 1.78. The highest BCUT2D eigenvalue weighted by Crippen LogP contribution is 2.23. The molecule has 2 heterocycles. The number of aromatic carboxylic acids is 1. The van der Waals surface area contributed by atoms with Gasteiger partial charge in [-0.25, -0.2) is 14.6 Å². The van der Waals surface area contributed by atoms with Crippen LogP contribution in [0.4, 0.5) is 0 Å². The zero-order valence-corrected chi connectivity index (χ0v) is 10.3. The molecule has 0 aliphatic carbocycles. The molecule has 0 unspecified atom stereocenters. The first-order valence-corrected chi connectivity index (χ1v) is 5.33. The van der Waals surface area contributed by atoms with Gasteiger partial charge < -0.3 is 9.84 Å². The van der Waals surface area contributed by atoms with Crippen LogP contribution in [0.15, 0.2) is 22.8 Å². The van der Waals surface area contributed by atoms with Crippen LogP contribution in [0.1, 0.15) is 21.1 Å². The van der Waals surface area contributed by atoms with Crippen molar-refractivity contribution in [3.05, 3.63) is 34.3 Å². The van der Waals surface area contributed by atoms with Crippen molar-refractivity contribution in [3.63, 3.8) is 0 Å². The Labute approximate surface area is 104 Å². The van der Waals surface area contributed by atoms with Crippen molar-refractivity contribution in [2.75, 3.05) is 7.11 Å². The Morgan fingerprint density at radius 3 is 2.82 bits per heavy atom. The summed E-state index contributed by atoms with van der Waals surface area (Å²) >= 11 is 3.25. The van der Waals surface area contributed by atoms with Gasteiger partial charge in [0.15, 0.2) is 5.69 Å². The van der Waals surface area contributed by atoms with E-state index in [1.807, 2.05) is 0 Å². The number of hydrogen-bond acceptors (Lipinski definition) is 4. The van der Waals surface area contributed by atoms with Crippen LogP contribution in [0.25, 0.3) is 5.52 Å². The second kappa shape index (κ2) is 4.17. The van der Waals surface area contributed by atoms with E-state index in [0.29, 0.717) is 9.99 Å². The van der Waals surface area contributed by atoms with Crippen molar-refractivity contribution in [1.82, 2.24) is 9.38 Å². The fraction of sp³-hybridized carbons (Fsp3) is 0.100. The average Bonchev–Trinajstić information content (AvgIpc) is 2.69. The van der Waals surface area contributed by atoms with Gasteiger partial charge in [0.05, 0.1) is 12.6 Å². The van der Waals surface area contributed by atoms with Gasteiger partial charge in [0.25, 0.3) is 0 Å². The Bertz CT molecular complexity index is 620. The lowest BCUT2D eigenvalue weighted by Gasteiger charge is -1.99. The lowest BCUT2D eigenvalue weighted by molar-refractivity contribution is 0.0597. The number of nitrogens with zero attached hydrogens (tertiary/aromatic N) is 2. The van der Waals surface area contributed by atoms with E-state index in [4.69, 9.17) is 5.11 Å². The first-order chi connectivity index (χ1) is 8.06. The topological polar surface area (TPSA) is 80.9 Å². The van der Waals surface area contributed by atoms with Crippen LogP contribution in [0.3, 0.4) is 0 Å². The molecule has 1 N–H and O–H groups in total. The van der Waals surface area contributed by atoms with E-state index in [9.17, 15) is 9.59 Å². The van der Waals surface area contributed by atoms with Gasteiger partial charge in [-0.3, -0.25) is 4.40 Å². The van der Waals surface area contributed by atoms with E-state index in [-0.39, 0.29) is 11.5 Å². The Morgan fingerprint density at radius 1 is 1.53 bits per heavy atom. The van der Waals surface area contributed by atoms with E-state index in [0.717, 1.165) is 0 Å². The van der Waals surface area contributed by atoms with Gasteiger partial charge in [-0.15, -0.1) is 0 Å². The van der Waals surface area contributed by atoms with Crippen LogP contribution >= 0.6 is 15.9 Å². The largest absolute Gasteiger partial charge is 0.475 e. The zero-order chi connectivity index (χ0) is 12.6. The number of methoxy groups -OCH3 is 1. The van der Waals surface area contributed by atoms with Crippen molar-refractivity contribution >= 4 is 33.4 Å². The maximum Gasteiger partial charge on any atom is 0.372 e. The summed E-state index contributed by atoms with van der Waals surface area (Å²) in [6, 6.07) is 3.33. The van der Waals surface area contributed by atoms with Crippen LogP contribution in [0.2, 0.25) is 0 Å². The van der Waals surface area contributed by atoms with Gasteiger partial charge >= 0.3 is 11.9 Å². The second-order valence-corrected chi connectivity index (χ2v) is 4.01. The molecule has 0 radical (unpaired) electrons. The number of hydrogen-bond donors (Lipinski definition) is 1. The minimum Gasteiger partial charge on any atom is -0.475 e. The first-order valence-electron chi connectivity index (χ1n) is 4.54. The summed E-state index contributed by atoms with van der Waals surface area (Å²) in [5, 5.41) is 8.99. The molecular weight excluding hydrogens is 292 g/mol. The number of pyridine rings is 1. The molecule has 0 atom stereocenters. The molecule has 0 bridgehead atoms. The number of ether oxygens (including phenoxy) is 1. The predicted molar refractivity (Wildman–Crippen MR) is 61.2 cm³/mol. The number of aromatic nitrogens is 2.